The highest BCUT2D eigenvalue weighted by molar-refractivity contribution is 6.30. The normalized spacial score (nSPS) is 10.6. The Morgan fingerprint density at radius 2 is 1.68 bits per heavy atom. The molecule has 0 saturated carbocycles. The van der Waals surface area contributed by atoms with E-state index in [1.54, 1.807) is 31.2 Å². The van der Waals surface area contributed by atoms with Crippen LogP contribution >= 0.6 is 11.6 Å². The van der Waals surface area contributed by atoms with Crippen LogP contribution in [-0.2, 0) is 0 Å². The molecule has 0 fully saturated rings. The first-order valence-electron chi connectivity index (χ1n) is 9.47. The van der Waals surface area contributed by atoms with Gasteiger partial charge >= 0.3 is 0 Å². The highest BCUT2D eigenvalue weighted by Gasteiger charge is 2.10. The van der Waals surface area contributed by atoms with Crippen molar-refractivity contribution in [1.29, 1.82) is 0 Å². The SMILES string of the molecule is COc1ccc(Nc2nccc(Nc3cc(C)nn3-c3ccc(Cl)cc3)n2)cc1OC. The van der Waals surface area contributed by atoms with E-state index in [-0.39, 0.29) is 0 Å². The number of nitrogens with zero attached hydrogens (tertiary/aromatic N) is 4. The number of methoxy groups -OCH3 is 2. The second-order valence-electron chi connectivity index (χ2n) is 6.64. The fourth-order valence-corrected chi connectivity index (χ4v) is 3.16. The van der Waals surface area contributed by atoms with Gasteiger partial charge in [-0.25, -0.2) is 9.67 Å². The summed E-state index contributed by atoms with van der Waals surface area (Å²) in [4.78, 5) is 8.85. The van der Waals surface area contributed by atoms with Crippen molar-refractivity contribution in [2.24, 2.45) is 0 Å². The molecule has 0 saturated heterocycles. The third-order valence-electron chi connectivity index (χ3n) is 4.45. The minimum Gasteiger partial charge on any atom is -0.493 e. The number of aryl methyl sites for hydroxylation is 1. The van der Waals surface area contributed by atoms with Crippen molar-refractivity contribution in [2.45, 2.75) is 6.92 Å². The van der Waals surface area contributed by atoms with Gasteiger partial charge in [-0.15, -0.1) is 0 Å². The maximum absolute atomic E-state index is 6.01. The Hall–Kier alpha value is -3.78. The van der Waals surface area contributed by atoms with E-state index >= 15 is 0 Å². The lowest BCUT2D eigenvalue weighted by molar-refractivity contribution is 0.355. The summed E-state index contributed by atoms with van der Waals surface area (Å²) in [7, 11) is 3.19. The standard InChI is InChI=1S/C22H21ClN6O2/c1-14-12-21(29(28-14)17-7-4-15(23)5-8-17)26-20-10-11-24-22(27-20)25-16-6-9-18(30-2)19(13-16)31-3/h4-13H,1-3H3,(H2,24,25,26,27). The molecule has 2 aromatic carbocycles. The highest BCUT2D eigenvalue weighted by atomic mass is 35.5. The summed E-state index contributed by atoms with van der Waals surface area (Å²) in [5.74, 6) is 3.09. The molecule has 2 heterocycles. The summed E-state index contributed by atoms with van der Waals surface area (Å²) in [5, 5.41) is 11.7. The third kappa shape index (κ3) is 4.70. The molecule has 0 spiro atoms. The quantitative estimate of drug-likeness (QED) is 0.415. The van der Waals surface area contributed by atoms with E-state index in [1.165, 1.54) is 0 Å². The Kier molecular flexibility index (Phi) is 5.90. The molecule has 9 heteroatoms. The number of halogens is 1. The zero-order chi connectivity index (χ0) is 21.8. The lowest BCUT2D eigenvalue weighted by Gasteiger charge is -2.12. The van der Waals surface area contributed by atoms with E-state index in [0.717, 1.165) is 22.9 Å². The van der Waals surface area contributed by atoms with Gasteiger partial charge in [-0.3, -0.25) is 0 Å². The number of rotatable bonds is 7. The maximum Gasteiger partial charge on any atom is 0.229 e. The molecule has 0 aliphatic heterocycles. The van der Waals surface area contributed by atoms with Crippen molar-refractivity contribution in [1.82, 2.24) is 19.7 Å². The van der Waals surface area contributed by atoms with Crippen LogP contribution in [0.3, 0.4) is 0 Å². The summed E-state index contributed by atoms with van der Waals surface area (Å²) in [5.41, 5.74) is 2.53. The van der Waals surface area contributed by atoms with E-state index in [0.29, 0.717) is 28.3 Å². The molecule has 4 rings (SSSR count). The van der Waals surface area contributed by atoms with Gasteiger partial charge in [-0.2, -0.15) is 10.1 Å². The molecule has 2 aromatic heterocycles. The minimum absolute atomic E-state index is 0.437. The number of anilines is 4. The van der Waals surface area contributed by atoms with Gasteiger partial charge < -0.3 is 20.1 Å². The number of nitrogens with one attached hydrogen (secondary N) is 2. The van der Waals surface area contributed by atoms with Crippen molar-refractivity contribution in [3.63, 3.8) is 0 Å². The summed E-state index contributed by atoms with van der Waals surface area (Å²) in [6.07, 6.45) is 1.67. The Bertz CT molecular complexity index is 1190. The van der Waals surface area contributed by atoms with Crippen LogP contribution in [0.5, 0.6) is 11.5 Å². The van der Waals surface area contributed by atoms with Crippen LogP contribution in [0.4, 0.5) is 23.3 Å². The monoisotopic (exact) mass is 436 g/mol. The molecule has 0 amide bonds. The summed E-state index contributed by atoms with van der Waals surface area (Å²) in [6, 6.07) is 16.7. The second-order valence-corrected chi connectivity index (χ2v) is 7.08. The molecule has 0 aliphatic carbocycles. The minimum atomic E-state index is 0.437. The molecule has 4 aromatic rings. The number of hydrogen-bond acceptors (Lipinski definition) is 7. The van der Waals surface area contributed by atoms with Crippen LogP contribution < -0.4 is 20.1 Å². The van der Waals surface area contributed by atoms with Crippen molar-refractivity contribution in [3.8, 4) is 17.2 Å². The summed E-state index contributed by atoms with van der Waals surface area (Å²) < 4.78 is 12.4. The first-order valence-corrected chi connectivity index (χ1v) is 9.85. The molecule has 158 valence electrons. The molecule has 31 heavy (non-hydrogen) atoms. The Labute approximate surface area is 184 Å². The van der Waals surface area contributed by atoms with Gasteiger partial charge in [-0.05, 0) is 49.4 Å². The third-order valence-corrected chi connectivity index (χ3v) is 4.71. The van der Waals surface area contributed by atoms with Gasteiger partial charge in [0.25, 0.3) is 0 Å². The fourth-order valence-electron chi connectivity index (χ4n) is 3.03. The number of benzene rings is 2. The van der Waals surface area contributed by atoms with Crippen LogP contribution in [0.2, 0.25) is 5.02 Å². The molecular weight excluding hydrogens is 416 g/mol. The number of aromatic nitrogens is 4. The molecule has 8 nitrogen and oxygen atoms in total. The van der Waals surface area contributed by atoms with Gasteiger partial charge in [0.2, 0.25) is 5.95 Å². The average Bonchev–Trinajstić information content (AvgIpc) is 3.14. The molecule has 0 aliphatic rings. The zero-order valence-corrected chi connectivity index (χ0v) is 18.0. The molecule has 0 bridgehead atoms. The predicted molar refractivity (Wildman–Crippen MR) is 121 cm³/mol. The van der Waals surface area contributed by atoms with Crippen LogP contribution in [-0.4, -0.2) is 34.0 Å². The average molecular weight is 437 g/mol. The highest BCUT2D eigenvalue weighted by Crippen LogP contribution is 2.31. The van der Waals surface area contributed by atoms with Crippen molar-refractivity contribution in [3.05, 3.63) is 71.5 Å². The van der Waals surface area contributed by atoms with E-state index in [1.807, 2.05) is 55.5 Å². The van der Waals surface area contributed by atoms with Crippen molar-refractivity contribution >= 4 is 34.9 Å². The van der Waals surface area contributed by atoms with E-state index in [9.17, 15) is 0 Å². The molecular formula is C22H21ClN6O2. The smallest absolute Gasteiger partial charge is 0.229 e. The first kappa shape index (κ1) is 20.5. The number of ether oxygens (including phenoxy) is 2. The molecule has 0 unspecified atom stereocenters. The predicted octanol–water partition coefficient (Wildman–Crippen LogP) is 5.13. The fraction of sp³-hybridized carbons (Fsp3) is 0.136. The molecule has 0 atom stereocenters. The molecule has 2 N–H and O–H groups in total. The topological polar surface area (TPSA) is 86.1 Å². The van der Waals surface area contributed by atoms with Crippen LogP contribution in [0.1, 0.15) is 5.69 Å². The Balaban J connectivity index is 1.57. The first-order chi connectivity index (χ1) is 15.1. The zero-order valence-electron chi connectivity index (χ0n) is 17.3. The van der Waals surface area contributed by atoms with E-state index in [4.69, 9.17) is 21.1 Å². The van der Waals surface area contributed by atoms with Gasteiger partial charge in [0.15, 0.2) is 11.5 Å². The van der Waals surface area contributed by atoms with Crippen LogP contribution in [0.25, 0.3) is 5.69 Å². The lowest BCUT2D eigenvalue weighted by Crippen LogP contribution is -2.05. The summed E-state index contributed by atoms with van der Waals surface area (Å²) in [6.45, 7) is 1.93. The molecule has 0 radical (unpaired) electrons. The maximum atomic E-state index is 6.01. The van der Waals surface area contributed by atoms with Crippen LogP contribution in [0.15, 0.2) is 60.8 Å². The largest absolute Gasteiger partial charge is 0.493 e. The van der Waals surface area contributed by atoms with Gasteiger partial charge in [0, 0.05) is 29.0 Å². The van der Waals surface area contributed by atoms with Gasteiger partial charge in [0.1, 0.15) is 11.6 Å². The van der Waals surface area contributed by atoms with Gasteiger partial charge in [-0.1, -0.05) is 11.6 Å². The van der Waals surface area contributed by atoms with E-state index in [2.05, 4.69) is 25.7 Å². The van der Waals surface area contributed by atoms with Crippen molar-refractivity contribution < 1.29 is 9.47 Å². The lowest BCUT2D eigenvalue weighted by atomic mass is 10.3. The van der Waals surface area contributed by atoms with Crippen LogP contribution in [0, 0.1) is 6.92 Å². The van der Waals surface area contributed by atoms with Gasteiger partial charge in [0.05, 0.1) is 25.6 Å². The summed E-state index contributed by atoms with van der Waals surface area (Å²) >= 11 is 6.01. The Morgan fingerprint density at radius 1 is 0.903 bits per heavy atom. The van der Waals surface area contributed by atoms with Crippen molar-refractivity contribution in [2.75, 3.05) is 24.9 Å². The second kappa shape index (κ2) is 8.93. The Morgan fingerprint density at radius 3 is 2.42 bits per heavy atom. The number of hydrogen-bond donors (Lipinski definition) is 2. The van der Waals surface area contributed by atoms with E-state index < -0.39 is 0 Å².